The van der Waals surface area contributed by atoms with Gasteiger partial charge in [0.25, 0.3) is 11.8 Å². The van der Waals surface area contributed by atoms with Crippen molar-refractivity contribution in [1.29, 1.82) is 0 Å². The molecule has 1 heterocycles. The van der Waals surface area contributed by atoms with E-state index >= 15 is 0 Å². The first-order valence-corrected chi connectivity index (χ1v) is 13.4. The highest BCUT2D eigenvalue weighted by molar-refractivity contribution is 7.89. The van der Waals surface area contributed by atoms with Gasteiger partial charge in [-0.2, -0.15) is 0 Å². The van der Waals surface area contributed by atoms with Gasteiger partial charge in [0.1, 0.15) is 0 Å². The van der Waals surface area contributed by atoms with Crippen LogP contribution in [0, 0.1) is 0 Å². The number of anilines is 1. The zero-order valence-corrected chi connectivity index (χ0v) is 21.6. The van der Waals surface area contributed by atoms with E-state index in [4.69, 9.17) is 19.3 Å². The van der Waals surface area contributed by atoms with Gasteiger partial charge in [-0.3, -0.25) is 9.59 Å². The topological polar surface area (TPSA) is 154 Å². The van der Waals surface area contributed by atoms with Crippen LogP contribution in [-0.2, 0) is 24.3 Å². The first-order valence-electron chi connectivity index (χ1n) is 11.9. The van der Waals surface area contributed by atoms with Crippen LogP contribution in [-0.4, -0.2) is 63.5 Å². The molecule has 37 heavy (non-hydrogen) atoms. The number of rotatable bonds is 10. The third kappa shape index (κ3) is 7.92. The normalized spacial score (nSPS) is 14.4. The molecular formula is C25H31N3O8S. The summed E-state index contributed by atoms with van der Waals surface area (Å²) in [4.78, 5) is 39.2. The molecule has 2 aromatic carbocycles. The molecule has 0 unspecified atom stereocenters. The van der Waals surface area contributed by atoms with Crippen LogP contribution in [0.4, 0.5) is 5.69 Å². The summed E-state index contributed by atoms with van der Waals surface area (Å²) in [5.41, 5.74) is 0.440. The average Bonchev–Trinajstić information content (AvgIpc) is 2.88. The van der Waals surface area contributed by atoms with Crippen LogP contribution in [0.5, 0.6) is 11.5 Å². The molecule has 0 radical (unpaired) electrons. The molecule has 1 aliphatic heterocycles. The Labute approximate surface area is 215 Å². The summed E-state index contributed by atoms with van der Waals surface area (Å²) in [6.45, 7) is 4.78. The third-order valence-electron chi connectivity index (χ3n) is 5.64. The quantitative estimate of drug-likeness (QED) is 0.441. The maximum absolute atomic E-state index is 12.7. The molecule has 1 aliphatic rings. The smallest absolute Gasteiger partial charge is 0.339 e. The van der Waals surface area contributed by atoms with Crippen molar-refractivity contribution in [3.8, 4) is 11.5 Å². The van der Waals surface area contributed by atoms with E-state index in [1.807, 2.05) is 0 Å². The average molecular weight is 534 g/mol. The van der Waals surface area contributed by atoms with E-state index in [9.17, 15) is 22.8 Å². The molecule has 2 aromatic rings. The van der Waals surface area contributed by atoms with Gasteiger partial charge in [-0.15, -0.1) is 0 Å². The molecule has 3 rings (SSSR count). The zero-order valence-electron chi connectivity index (χ0n) is 20.8. The number of likely N-dealkylation sites (tertiary alicyclic amines) is 1. The van der Waals surface area contributed by atoms with E-state index < -0.39 is 28.0 Å². The monoisotopic (exact) mass is 533 g/mol. The SMILES string of the molecule is CCOc1cc(C(=O)O[C@H](C)C(=O)Nc2ccc(S(N)(=O)=O)cc2)ccc1OCC(=O)N1CCCCC1. The standard InChI is InChI=1S/C25H31N3O8S/c1-3-34-22-15-18(7-12-21(22)35-16-23(29)28-13-5-4-6-14-28)25(31)36-17(2)24(30)27-19-8-10-20(11-9-19)37(26,32)33/h7-12,15,17H,3-6,13-14,16H2,1-2H3,(H,27,30)(H2,26,32,33)/t17-/m1/s1. The van der Waals surface area contributed by atoms with Crippen LogP contribution < -0.4 is 19.9 Å². The van der Waals surface area contributed by atoms with Gasteiger partial charge in [0, 0.05) is 18.8 Å². The van der Waals surface area contributed by atoms with Crippen molar-refractivity contribution >= 4 is 33.5 Å². The third-order valence-corrected chi connectivity index (χ3v) is 6.57. The molecule has 12 heteroatoms. The molecule has 1 fully saturated rings. The molecular weight excluding hydrogens is 502 g/mol. The van der Waals surface area contributed by atoms with Crippen LogP contribution in [0.2, 0.25) is 0 Å². The summed E-state index contributed by atoms with van der Waals surface area (Å²) >= 11 is 0. The fourth-order valence-corrected chi connectivity index (χ4v) is 4.17. The number of nitrogens with one attached hydrogen (secondary N) is 1. The molecule has 1 atom stereocenters. The Bertz CT molecular complexity index is 1220. The second-order valence-electron chi connectivity index (χ2n) is 8.43. The fraction of sp³-hybridized carbons (Fsp3) is 0.400. The molecule has 200 valence electrons. The van der Waals surface area contributed by atoms with Crippen molar-refractivity contribution < 1.29 is 37.0 Å². The summed E-state index contributed by atoms with van der Waals surface area (Å²) in [6, 6.07) is 9.65. The number of primary sulfonamides is 1. The number of benzene rings is 2. The van der Waals surface area contributed by atoms with E-state index in [1.54, 1.807) is 11.8 Å². The largest absolute Gasteiger partial charge is 0.490 e. The Morgan fingerprint density at radius 2 is 1.68 bits per heavy atom. The Morgan fingerprint density at radius 3 is 2.30 bits per heavy atom. The number of carbonyl (C=O) groups is 3. The number of ether oxygens (including phenoxy) is 3. The molecule has 11 nitrogen and oxygen atoms in total. The molecule has 0 bridgehead atoms. The fourth-order valence-electron chi connectivity index (χ4n) is 3.65. The molecule has 0 spiro atoms. The van der Waals surface area contributed by atoms with Gasteiger partial charge in [-0.1, -0.05) is 0 Å². The lowest BCUT2D eigenvalue weighted by Gasteiger charge is -2.26. The summed E-state index contributed by atoms with van der Waals surface area (Å²) < 4.78 is 39.2. The predicted octanol–water partition coefficient (Wildman–Crippen LogP) is 2.31. The molecule has 0 aromatic heterocycles. The van der Waals surface area contributed by atoms with E-state index in [0.717, 1.165) is 32.4 Å². The molecule has 3 N–H and O–H groups in total. The van der Waals surface area contributed by atoms with Crippen molar-refractivity contribution in [3.63, 3.8) is 0 Å². The van der Waals surface area contributed by atoms with Crippen LogP contribution in [0.1, 0.15) is 43.5 Å². The minimum absolute atomic E-state index is 0.0987. The van der Waals surface area contributed by atoms with Crippen molar-refractivity contribution in [3.05, 3.63) is 48.0 Å². The summed E-state index contributed by atoms with van der Waals surface area (Å²) in [7, 11) is -3.86. The van der Waals surface area contributed by atoms with Gasteiger partial charge in [-0.05, 0) is 75.6 Å². The molecule has 2 amide bonds. The molecule has 0 aliphatic carbocycles. The minimum Gasteiger partial charge on any atom is -0.490 e. The van der Waals surface area contributed by atoms with E-state index in [0.29, 0.717) is 18.0 Å². The molecule has 0 saturated carbocycles. The lowest BCUT2D eigenvalue weighted by atomic mass is 10.1. The van der Waals surface area contributed by atoms with Gasteiger partial charge in [0.2, 0.25) is 10.0 Å². The number of sulfonamides is 1. The number of nitrogens with two attached hydrogens (primary N) is 1. The number of piperidine rings is 1. The van der Waals surface area contributed by atoms with E-state index in [-0.39, 0.29) is 28.7 Å². The summed E-state index contributed by atoms with van der Waals surface area (Å²) in [5, 5.41) is 7.60. The van der Waals surface area contributed by atoms with E-state index in [2.05, 4.69) is 5.32 Å². The Hall–Kier alpha value is -3.64. The van der Waals surface area contributed by atoms with Gasteiger partial charge in [0.15, 0.2) is 24.2 Å². The van der Waals surface area contributed by atoms with Crippen LogP contribution >= 0.6 is 0 Å². The van der Waals surface area contributed by atoms with Crippen molar-refractivity contribution in [1.82, 2.24) is 4.90 Å². The van der Waals surface area contributed by atoms with Crippen molar-refractivity contribution in [2.45, 2.75) is 44.1 Å². The van der Waals surface area contributed by atoms with Gasteiger partial charge >= 0.3 is 5.97 Å². The number of hydrogen-bond acceptors (Lipinski definition) is 8. The van der Waals surface area contributed by atoms with E-state index in [1.165, 1.54) is 49.4 Å². The van der Waals surface area contributed by atoms with Gasteiger partial charge in [0.05, 0.1) is 17.1 Å². The number of amides is 2. The highest BCUT2D eigenvalue weighted by Gasteiger charge is 2.22. The second kappa shape index (κ2) is 12.5. The Balaban J connectivity index is 1.60. The van der Waals surface area contributed by atoms with Crippen LogP contribution in [0.25, 0.3) is 0 Å². The number of esters is 1. The van der Waals surface area contributed by atoms with Crippen molar-refractivity contribution in [2.75, 3.05) is 31.6 Å². The van der Waals surface area contributed by atoms with Crippen molar-refractivity contribution in [2.24, 2.45) is 5.14 Å². The lowest BCUT2D eigenvalue weighted by Crippen LogP contribution is -2.38. The van der Waals surface area contributed by atoms with Crippen LogP contribution in [0.3, 0.4) is 0 Å². The first kappa shape index (κ1) is 27.9. The predicted molar refractivity (Wildman–Crippen MR) is 135 cm³/mol. The summed E-state index contributed by atoms with van der Waals surface area (Å²) in [5.74, 6) is -0.889. The molecule has 1 saturated heterocycles. The van der Waals surface area contributed by atoms with Crippen LogP contribution in [0.15, 0.2) is 47.4 Å². The minimum atomic E-state index is -3.86. The number of hydrogen-bond donors (Lipinski definition) is 2. The highest BCUT2D eigenvalue weighted by atomic mass is 32.2. The van der Waals surface area contributed by atoms with Gasteiger partial charge in [-0.25, -0.2) is 18.4 Å². The highest BCUT2D eigenvalue weighted by Crippen LogP contribution is 2.29. The maximum Gasteiger partial charge on any atom is 0.339 e. The number of carbonyl (C=O) groups excluding carboxylic acids is 3. The first-order chi connectivity index (χ1) is 17.6. The Kier molecular flexibility index (Phi) is 9.48. The maximum atomic E-state index is 12.7. The zero-order chi connectivity index (χ0) is 27.0. The number of nitrogens with zero attached hydrogens (tertiary/aromatic N) is 1. The van der Waals surface area contributed by atoms with Gasteiger partial charge < -0.3 is 24.4 Å². The lowest BCUT2D eigenvalue weighted by molar-refractivity contribution is -0.134. The Morgan fingerprint density at radius 1 is 1.00 bits per heavy atom. The summed E-state index contributed by atoms with van der Waals surface area (Å²) in [6.07, 6.45) is 1.92. The second-order valence-corrected chi connectivity index (χ2v) is 9.99.